The number of pyridine rings is 1. The first kappa shape index (κ1) is 17.6. The number of anilines is 1. The number of halogens is 2. The van der Waals surface area contributed by atoms with Gasteiger partial charge in [-0.2, -0.15) is 5.26 Å². The molecule has 3 nitrogen and oxygen atoms in total. The fourth-order valence-electron chi connectivity index (χ4n) is 4.95. The molecule has 0 spiro atoms. The second-order valence-electron chi connectivity index (χ2n) is 8.01. The third kappa shape index (κ3) is 2.97. The highest BCUT2D eigenvalue weighted by Gasteiger charge is 2.35. The van der Waals surface area contributed by atoms with Gasteiger partial charge in [0.2, 0.25) is 0 Å². The highest BCUT2D eigenvalue weighted by atomic mass is 31.0. The summed E-state index contributed by atoms with van der Waals surface area (Å²) < 4.78 is 28.5. The summed E-state index contributed by atoms with van der Waals surface area (Å²) in [6.07, 6.45) is 7.28. The lowest BCUT2D eigenvalue weighted by molar-refractivity contribution is 0.157. The zero-order valence-electron chi connectivity index (χ0n) is 15.3. The van der Waals surface area contributed by atoms with Crippen molar-refractivity contribution in [3.63, 3.8) is 0 Å². The SMILES string of the molecule is N#Cc1cc(F)c(NC2CC3CCC2CC3)cc1-c1c[pH]c2ncc(F)cc12. The Morgan fingerprint density at radius 1 is 1.11 bits per heavy atom. The van der Waals surface area contributed by atoms with Crippen molar-refractivity contribution in [2.45, 2.75) is 38.1 Å². The van der Waals surface area contributed by atoms with Crippen LogP contribution in [0.2, 0.25) is 0 Å². The number of hydrogen-bond acceptors (Lipinski definition) is 3. The molecule has 0 aliphatic heterocycles. The summed E-state index contributed by atoms with van der Waals surface area (Å²) in [7, 11) is 0.317. The Kier molecular flexibility index (Phi) is 4.33. The Labute approximate surface area is 163 Å². The van der Waals surface area contributed by atoms with Crippen LogP contribution in [0.1, 0.15) is 37.7 Å². The predicted molar refractivity (Wildman–Crippen MR) is 109 cm³/mol. The summed E-state index contributed by atoms with van der Waals surface area (Å²) in [4.78, 5) is 4.16. The number of nitrogens with zero attached hydrogens (tertiary/aromatic N) is 2. The molecule has 6 rings (SSSR count). The van der Waals surface area contributed by atoms with Gasteiger partial charge in [-0.1, -0.05) is 12.8 Å². The maximum Gasteiger partial charge on any atom is 0.147 e. The molecule has 0 saturated heterocycles. The molecule has 3 saturated carbocycles. The molecule has 142 valence electrons. The van der Waals surface area contributed by atoms with Crippen LogP contribution in [-0.2, 0) is 0 Å². The van der Waals surface area contributed by atoms with E-state index in [9.17, 15) is 14.0 Å². The van der Waals surface area contributed by atoms with Gasteiger partial charge < -0.3 is 5.32 Å². The van der Waals surface area contributed by atoms with Crippen molar-refractivity contribution in [2.24, 2.45) is 11.8 Å². The van der Waals surface area contributed by atoms with E-state index in [0.29, 0.717) is 30.7 Å². The van der Waals surface area contributed by atoms with E-state index in [1.165, 1.54) is 44.0 Å². The lowest BCUT2D eigenvalue weighted by Crippen LogP contribution is -2.40. The van der Waals surface area contributed by atoms with Gasteiger partial charge >= 0.3 is 0 Å². The predicted octanol–water partition coefficient (Wildman–Crippen LogP) is 6.07. The Bertz CT molecular complexity index is 1090. The fraction of sp³-hybridized carbons (Fsp3) is 0.364. The van der Waals surface area contributed by atoms with E-state index >= 15 is 0 Å². The quantitative estimate of drug-likeness (QED) is 0.585. The lowest BCUT2D eigenvalue weighted by Gasteiger charge is -2.43. The zero-order valence-corrected chi connectivity index (χ0v) is 16.3. The maximum absolute atomic E-state index is 14.8. The summed E-state index contributed by atoms with van der Waals surface area (Å²) in [5, 5.41) is 14.5. The average Bonchev–Trinajstić information content (AvgIpc) is 3.13. The first-order valence-electron chi connectivity index (χ1n) is 9.75. The topological polar surface area (TPSA) is 48.7 Å². The van der Waals surface area contributed by atoms with E-state index in [-0.39, 0.29) is 11.6 Å². The van der Waals surface area contributed by atoms with Crippen LogP contribution in [0.5, 0.6) is 0 Å². The molecule has 3 aliphatic rings. The number of aromatic nitrogens is 1. The molecule has 2 atom stereocenters. The highest BCUT2D eigenvalue weighted by Crippen LogP contribution is 2.44. The number of rotatable bonds is 3. The molecule has 2 heterocycles. The maximum atomic E-state index is 14.8. The minimum atomic E-state index is -0.409. The van der Waals surface area contributed by atoms with Crippen molar-refractivity contribution in [1.82, 2.24) is 4.98 Å². The number of nitriles is 1. The second-order valence-corrected chi connectivity index (χ2v) is 9.06. The van der Waals surface area contributed by atoms with E-state index < -0.39 is 11.6 Å². The van der Waals surface area contributed by atoms with Gasteiger partial charge in [0.1, 0.15) is 11.6 Å². The Balaban J connectivity index is 1.57. The molecule has 0 radical (unpaired) electrons. The van der Waals surface area contributed by atoms with Gasteiger partial charge in [-0.25, -0.2) is 13.8 Å². The van der Waals surface area contributed by atoms with Gasteiger partial charge in [0, 0.05) is 17.0 Å². The molecular weight excluding hydrogens is 375 g/mol. The van der Waals surface area contributed by atoms with Crippen LogP contribution in [-0.4, -0.2) is 11.0 Å². The molecule has 6 heteroatoms. The lowest BCUT2D eigenvalue weighted by atomic mass is 9.68. The largest absolute Gasteiger partial charge is 0.380 e. The summed E-state index contributed by atoms with van der Waals surface area (Å²) in [6.45, 7) is 0. The van der Waals surface area contributed by atoms with Crippen molar-refractivity contribution in [3.05, 3.63) is 47.4 Å². The number of nitrogens with one attached hydrogen (secondary N) is 1. The smallest absolute Gasteiger partial charge is 0.147 e. The molecule has 2 aromatic heterocycles. The van der Waals surface area contributed by atoms with Gasteiger partial charge in [0.25, 0.3) is 0 Å². The Hall–Kier alpha value is -2.44. The molecule has 0 amide bonds. The molecular formula is C22H20F2N3P. The van der Waals surface area contributed by atoms with Crippen LogP contribution < -0.4 is 5.32 Å². The zero-order chi connectivity index (χ0) is 19.3. The minimum absolute atomic E-state index is 0.265. The monoisotopic (exact) mass is 395 g/mol. The van der Waals surface area contributed by atoms with Crippen LogP contribution in [0.4, 0.5) is 14.5 Å². The molecule has 28 heavy (non-hydrogen) atoms. The molecule has 3 fully saturated rings. The molecule has 1 aromatic carbocycles. The highest BCUT2D eigenvalue weighted by molar-refractivity contribution is 7.36. The minimum Gasteiger partial charge on any atom is -0.380 e. The number of hydrogen-bond donors (Lipinski definition) is 1. The fourth-order valence-corrected chi connectivity index (χ4v) is 6.05. The standard InChI is InChI=1S/C22H20F2N3P/c23-15-7-17-18(11-28-22(17)26-10-15)16-8-21(19(24)6-14(16)9-25)27-20-5-12-1-3-13(20)4-2-12/h6-8,10-13,20,27-28H,1-5H2. The van der Waals surface area contributed by atoms with E-state index in [1.54, 1.807) is 6.07 Å². The van der Waals surface area contributed by atoms with Crippen LogP contribution >= 0.6 is 8.19 Å². The van der Waals surface area contributed by atoms with Crippen LogP contribution in [0.25, 0.3) is 21.8 Å². The van der Waals surface area contributed by atoms with Crippen molar-refractivity contribution >= 4 is 24.5 Å². The van der Waals surface area contributed by atoms with E-state index in [0.717, 1.165) is 23.2 Å². The molecule has 3 aromatic rings. The van der Waals surface area contributed by atoms with Crippen molar-refractivity contribution in [2.75, 3.05) is 5.32 Å². The van der Waals surface area contributed by atoms with Gasteiger partial charge in [-0.3, -0.25) is 0 Å². The van der Waals surface area contributed by atoms with Gasteiger partial charge in [0.15, 0.2) is 0 Å². The van der Waals surface area contributed by atoms with Gasteiger partial charge in [0.05, 0.1) is 28.8 Å². The summed E-state index contributed by atoms with van der Waals surface area (Å²) >= 11 is 0. The molecule has 3 aliphatic carbocycles. The normalized spacial score (nSPS) is 24.0. The molecule has 1 N–H and O–H groups in total. The number of fused-ring (bicyclic) bond motifs is 4. The van der Waals surface area contributed by atoms with Gasteiger partial charge in [-0.15, -0.1) is 8.19 Å². The van der Waals surface area contributed by atoms with Crippen molar-refractivity contribution < 1.29 is 8.78 Å². The van der Waals surface area contributed by atoms with Crippen LogP contribution in [0.3, 0.4) is 0 Å². The Morgan fingerprint density at radius 2 is 1.93 bits per heavy atom. The van der Waals surface area contributed by atoms with Crippen molar-refractivity contribution in [1.29, 1.82) is 5.26 Å². The third-order valence-electron chi connectivity index (χ3n) is 6.40. The van der Waals surface area contributed by atoms with Crippen LogP contribution in [0.15, 0.2) is 30.2 Å². The Morgan fingerprint density at radius 3 is 2.64 bits per heavy atom. The average molecular weight is 395 g/mol. The summed E-state index contributed by atoms with van der Waals surface area (Å²) in [5.41, 5.74) is 2.12. The molecule has 2 bridgehead atoms. The summed E-state index contributed by atoms with van der Waals surface area (Å²) in [5.74, 6) is 2.49. The third-order valence-corrected chi connectivity index (χ3v) is 7.51. The van der Waals surface area contributed by atoms with Crippen molar-refractivity contribution in [3.8, 4) is 17.2 Å². The van der Waals surface area contributed by atoms with E-state index in [1.807, 2.05) is 5.80 Å². The first-order valence-corrected chi connectivity index (χ1v) is 10.8. The van der Waals surface area contributed by atoms with E-state index in [4.69, 9.17) is 0 Å². The summed E-state index contributed by atoms with van der Waals surface area (Å²) in [6, 6.07) is 6.86. The number of benzene rings is 1. The van der Waals surface area contributed by atoms with Gasteiger partial charge in [-0.05, 0) is 60.7 Å². The second kappa shape index (κ2) is 6.87. The first-order chi connectivity index (χ1) is 13.6. The van der Waals surface area contributed by atoms with E-state index in [2.05, 4.69) is 16.4 Å². The molecule has 2 unspecified atom stereocenters. The van der Waals surface area contributed by atoms with Crippen LogP contribution in [0, 0.1) is 34.8 Å².